The highest BCUT2D eigenvalue weighted by Crippen LogP contribution is 2.36. The summed E-state index contributed by atoms with van der Waals surface area (Å²) in [6.45, 7) is 11.3. The van der Waals surface area contributed by atoms with Crippen LogP contribution in [-0.2, 0) is 12.5 Å². The zero-order valence-corrected chi connectivity index (χ0v) is 16.1. The smallest absolute Gasteiger partial charge is 0.0568 e. The van der Waals surface area contributed by atoms with Gasteiger partial charge in [0.25, 0.3) is 0 Å². The molecule has 25 heavy (non-hydrogen) atoms. The standard InChI is InChI=1S/C24H27N/c1-15(2)16-7-10-19-17(13-16)8-11-21-20-12-9-18(24(3,4)5)14-22(20)25(6)23(19)21/h7-15H,1-6H3. The third-order valence-corrected chi connectivity index (χ3v) is 5.53. The minimum Gasteiger partial charge on any atom is -0.343 e. The molecule has 1 aromatic heterocycles. The van der Waals surface area contributed by atoms with Crippen LogP contribution in [0.25, 0.3) is 32.6 Å². The minimum atomic E-state index is 0.166. The van der Waals surface area contributed by atoms with E-state index in [1.807, 2.05) is 0 Å². The summed E-state index contributed by atoms with van der Waals surface area (Å²) >= 11 is 0. The second kappa shape index (κ2) is 5.36. The van der Waals surface area contributed by atoms with E-state index in [-0.39, 0.29) is 5.41 Å². The molecule has 0 aliphatic rings. The van der Waals surface area contributed by atoms with Crippen LogP contribution in [0.15, 0.2) is 48.5 Å². The quantitative estimate of drug-likeness (QED) is 0.358. The highest BCUT2D eigenvalue weighted by molar-refractivity contribution is 6.17. The molecule has 0 atom stereocenters. The van der Waals surface area contributed by atoms with Gasteiger partial charge in [-0.15, -0.1) is 0 Å². The van der Waals surface area contributed by atoms with E-state index in [0.717, 1.165) is 0 Å². The van der Waals surface area contributed by atoms with Crippen molar-refractivity contribution in [2.24, 2.45) is 7.05 Å². The Bertz CT molecular complexity index is 1100. The van der Waals surface area contributed by atoms with Crippen molar-refractivity contribution in [1.82, 2.24) is 4.57 Å². The summed E-state index contributed by atoms with van der Waals surface area (Å²) in [6.07, 6.45) is 0. The first-order chi connectivity index (χ1) is 11.8. The number of aromatic nitrogens is 1. The Morgan fingerprint density at radius 3 is 2.16 bits per heavy atom. The molecule has 0 radical (unpaired) electrons. The van der Waals surface area contributed by atoms with E-state index >= 15 is 0 Å². The SMILES string of the molecule is CC(C)c1ccc2c(ccc3c4ccc(C(C)(C)C)cc4n(C)c23)c1. The molecule has 0 bridgehead atoms. The maximum Gasteiger partial charge on any atom is 0.0568 e. The van der Waals surface area contributed by atoms with Gasteiger partial charge < -0.3 is 4.57 Å². The Hall–Kier alpha value is -2.28. The van der Waals surface area contributed by atoms with Crippen molar-refractivity contribution in [1.29, 1.82) is 0 Å². The Kier molecular flexibility index (Phi) is 3.47. The van der Waals surface area contributed by atoms with E-state index in [0.29, 0.717) is 5.92 Å². The summed E-state index contributed by atoms with van der Waals surface area (Å²) in [4.78, 5) is 0. The number of fused-ring (bicyclic) bond motifs is 5. The van der Waals surface area contributed by atoms with E-state index < -0.39 is 0 Å². The lowest BCUT2D eigenvalue weighted by Gasteiger charge is -2.19. The molecular formula is C24H27N. The summed E-state index contributed by atoms with van der Waals surface area (Å²) in [5, 5.41) is 5.38. The van der Waals surface area contributed by atoms with E-state index in [2.05, 4.69) is 94.8 Å². The highest BCUT2D eigenvalue weighted by Gasteiger charge is 2.17. The predicted octanol–water partition coefficient (Wildman–Crippen LogP) is 6.91. The first-order valence-corrected chi connectivity index (χ1v) is 9.22. The maximum absolute atomic E-state index is 2.37. The molecule has 1 heteroatoms. The summed E-state index contributed by atoms with van der Waals surface area (Å²) in [5.74, 6) is 0.557. The van der Waals surface area contributed by atoms with Crippen molar-refractivity contribution in [2.75, 3.05) is 0 Å². The average molecular weight is 329 g/mol. The van der Waals surface area contributed by atoms with Crippen LogP contribution in [0.3, 0.4) is 0 Å². The molecule has 0 aliphatic heterocycles. The van der Waals surface area contributed by atoms with Gasteiger partial charge in [0.1, 0.15) is 0 Å². The van der Waals surface area contributed by atoms with Gasteiger partial charge in [-0.1, -0.05) is 77.1 Å². The molecule has 0 amide bonds. The van der Waals surface area contributed by atoms with Crippen molar-refractivity contribution in [3.63, 3.8) is 0 Å². The van der Waals surface area contributed by atoms with E-state index in [1.165, 1.54) is 43.7 Å². The average Bonchev–Trinajstić information content (AvgIpc) is 2.86. The van der Waals surface area contributed by atoms with Gasteiger partial charge in [0.15, 0.2) is 0 Å². The normalized spacial score (nSPS) is 12.8. The Labute approximate surface area is 150 Å². The lowest BCUT2D eigenvalue weighted by atomic mass is 9.86. The number of nitrogens with zero attached hydrogens (tertiary/aromatic N) is 1. The van der Waals surface area contributed by atoms with E-state index in [9.17, 15) is 0 Å². The maximum atomic E-state index is 2.37. The molecule has 4 aromatic rings. The Morgan fingerprint density at radius 2 is 1.48 bits per heavy atom. The number of aryl methyl sites for hydroxylation is 1. The number of benzene rings is 3. The number of hydrogen-bond acceptors (Lipinski definition) is 0. The van der Waals surface area contributed by atoms with Gasteiger partial charge in [-0.2, -0.15) is 0 Å². The van der Waals surface area contributed by atoms with Gasteiger partial charge in [-0.25, -0.2) is 0 Å². The Morgan fingerprint density at radius 1 is 0.800 bits per heavy atom. The lowest BCUT2D eigenvalue weighted by Crippen LogP contribution is -2.10. The molecule has 0 unspecified atom stereocenters. The van der Waals surface area contributed by atoms with Crippen molar-refractivity contribution in [2.45, 2.75) is 46.0 Å². The zero-order chi connectivity index (χ0) is 17.9. The fourth-order valence-electron chi connectivity index (χ4n) is 3.89. The summed E-state index contributed by atoms with van der Waals surface area (Å²) in [7, 11) is 2.20. The van der Waals surface area contributed by atoms with Crippen molar-refractivity contribution < 1.29 is 0 Å². The molecule has 4 rings (SSSR count). The van der Waals surface area contributed by atoms with Crippen LogP contribution in [0.1, 0.15) is 51.7 Å². The highest BCUT2D eigenvalue weighted by atomic mass is 14.9. The second-order valence-corrected chi connectivity index (χ2v) is 8.64. The first kappa shape index (κ1) is 16.2. The second-order valence-electron chi connectivity index (χ2n) is 8.64. The fourth-order valence-corrected chi connectivity index (χ4v) is 3.89. The third kappa shape index (κ3) is 2.45. The van der Waals surface area contributed by atoms with Crippen molar-refractivity contribution >= 4 is 32.6 Å². The summed E-state index contributed by atoms with van der Waals surface area (Å²) in [6, 6.07) is 18.4. The van der Waals surface area contributed by atoms with Gasteiger partial charge in [0.2, 0.25) is 0 Å². The van der Waals surface area contributed by atoms with Crippen LogP contribution < -0.4 is 0 Å². The molecule has 0 saturated heterocycles. The van der Waals surface area contributed by atoms with Crippen molar-refractivity contribution in [3.05, 3.63) is 59.7 Å². The molecule has 0 N–H and O–H groups in total. The zero-order valence-electron chi connectivity index (χ0n) is 16.1. The van der Waals surface area contributed by atoms with E-state index in [1.54, 1.807) is 0 Å². The minimum absolute atomic E-state index is 0.166. The fraction of sp³-hybridized carbons (Fsp3) is 0.333. The number of hydrogen-bond donors (Lipinski definition) is 0. The summed E-state index contributed by atoms with van der Waals surface area (Å²) < 4.78 is 2.37. The topological polar surface area (TPSA) is 4.93 Å². The van der Waals surface area contributed by atoms with Crippen LogP contribution in [0.4, 0.5) is 0 Å². The number of rotatable bonds is 1. The van der Waals surface area contributed by atoms with E-state index in [4.69, 9.17) is 0 Å². The molecular weight excluding hydrogens is 302 g/mol. The lowest BCUT2D eigenvalue weighted by molar-refractivity contribution is 0.591. The van der Waals surface area contributed by atoms with Gasteiger partial charge in [-0.3, -0.25) is 0 Å². The van der Waals surface area contributed by atoms with Crippen LogP contribution in [0.5, 0.6) is 0 Å². The molecule has 0 saturated carbocycles. The van der Waals surface area contributed by atoms with Crippen molar-refractivity contribution in [3.8, 4) is 0 Å². The van der Waals surface area contributed by atoms with Gasteiger partial charge >= 0.3 is 0 Å². The third-order valence-electron chi connectivity index (χ3n) is 5.53. The van der Waals surface area contributed by atoms with Crippen LogP contribution in [-0.4, -0.2) is 4.57 Å². The van der Waals surface area contributed by atoms with Gasteiger partial charge in [-0.05, 0) is 33.9 Å². The summed E-state index contributed by atoms with van der Waals surface area (Å²) in [5.41, 5.74) is 5.62. The molecule has 0 aliphatic carbocycles. The molecule has 0 spiro atoms. The monoisotopic (exact) mass is 329 g/mol. The molecule has 1 nitrogen and oxygen atoms in total. The molecule has 0 fully saturated rings. The first-order valence-electron chi connectivity index (χ1n) is 9.22. The van der Waals surface area contributed by atoms with Crippen LogP contribution >= 0.6 is 0 Å². The predicted molar refractivity (Wildman–Crippen MR) is 111 cm³/mol. The Balaban J connectivity index is 2.09. The molecule has 1 heterocycles. The van der Waals surface area contributed by atoms with Gasteiger partial charge in [0, 0.05) is 28.7 Å². The largest absolute Gasteiger partial charge is 0.343 e. The van der Waals surface area contributed by atoms with Crippen LogP contribution in [0.2, 0.25) is 0 Å². The van der Waals surface area contributed by atoms with Crippen LogP contribution in [0, 0.1) is 0 Å². The molecule has 3 aromatic carbocycles. The molecule has 128 valence electrons. The van der Waals surface area contributed by atoms with Gasteiger partial charge in [0.05, 0.1) is 5.52 Å².